The van der Waals surface area contributed by atoms with Crippen molar-refractivity contribution in [3.05, 3.63) is 84.6 Å². The summed E-state index contributed by atoms with van der Waals surface area (Å²) in [5.74, 6) is 1.00. The van der Waals surface area contributed by atoms with Crippen LogP contribution in [0.3, 0.4) is 0 Å². The Kier molecular flexibility index (Phi) is 5.76. The molecule has 2 aromatic carbocycles. The van der Waals surface area contributed by atoms with Crippen molar-refractivity contribution in [1.82, 2.24) is 15.3 Å². The van der Waals surface area contributed by atoms with Gasteiger partial charge in [-0.2, -0.15) is 0 Å². The number of rotatable bonds is 7. The molecular weight excluding hydrogens is 389 g/mol. The van der Waals surface area contributed by atoms with Crippen molar-refractivity contribution in [1.29, 1.82) is 0 Å². The summed E-state index contributed by atoms with van der Waals surface area (Å²) in [6.07, 6.45) is 1.57. The highest BCUT2D eigenvalue weighted by molar-refractivity contribution is 8.00. The molecule has 0 atom stereocenters. The number of thioether (sulfide) groups is 1. The predicted molar refractivity (Wildman–Crippen MR) is 111 cm³/mol. The van der Waals surface area contributed by atoms with Crippen molar-refractivity contribution in [3.8, 4) is 22.6 Å². The van der Waals surface area contributed by atoms with Gasteiger partial charge in [-0.05, 0) is 24.3 Å². The monoisotopic (exact) mass is 407 g/mol. The van der Waals surface area contributed by atoms with E-state index in [0.29, 0.717) is 28.7 Å². The molecule has 2 N–H and O–H groups in total. The summed E-state index contributed by atoms with van der Waals surface area (Å²) in [5, 5.41) is 3.50. The highest BCUT2D eigenvalue weighted by atomic mass is 32.2. The van der Waals surface area contributed by atoms with E-state index in [9.17, 15) is 9.18 Å². The molecule has 2 heterocycles. The summed E-state index contributed by atoms with van der Waals surface area (Å²) in [4.78, 5) is 20.1. The average molecular weight is 407 g/mol. The number of imidazole rings is 1. The van der Waals surface area contributed by atoms with E-state index < -0.39 is 0 Å². The summed E-state index contributed by atoms with van der Waals surface area (Å²) in [5.41, 5.74) is 2.39. The topological polar surface area (TPSA) is 70.9 Å². The van der Waals surface area contributed by atoms with Crippen LogP contribution >= 0.6 is 11.8 Å². The van der Waals surface area contributed by atoms with Crippen LogP contribution in [-0.2, 0) is 11.3 Å². The summed E-state index contributed by atoms with van der Waals surface area (Å²) < 4.78 is 18.8. The zero-order valence-corrected chi connectivity index (χ0v) is 16.2. The summed E-state index contributed by atoms with van der Waals surface area (Å²) >= 11 is 1.33. The minimum atomic E-state index is -0.327. The number of aromatic nitrogens is 2. The number of nitrogens with one attached hydrogen (secondary N) is 2. The van der Waals surface area contributed by atoms with E-state index in [1.54, 1.807) is 30.5 Å². The molecule has 5 nitrogen and oxygen atoms in total. The second-order valence-electron chi connectivity index (χ2n) is 6.29. The van der Waals surface area contributed by atoms with Crippen LogP contribution in [0.5, 0.6) is 0 Å². The van der Waals surface area contributed by atoms with E-state index in [4.69, 9.17) is 4.42 Å². The number of hydrogen-bond acceptors (Lipinski definition) is 4. The lowest BCUT2D eigenvalue weighted by molar-refractivity contribution is -0.118. The van der Waals surface area contributed by atoms with Crippen LogP contribution in [0.15, 0.2) is 82.4 Å². The molecule has 0 saturated heterocycles. The number of carbonyl (C=O) groups is 1. The highest BCUT2D eigenvalue weighted by Crippen LogP contribution is 2.32. The molecule has 0 saturated carbocycles. The number of nitrogens with zero attached hydrogens (tertiary/aromatic N) is 1. The first kappa shape index (κ1) is 19.0. The third-order valence-corrected chi connectivity index (χ3v) is 5.19. The number of amides is 1. The molecule has 0 aliphatic carbocycles. The third-order valence-electron chi connectivity index (χ3n) is 4.21. The molecule has 0 spiro atoms. The molecule has 0 bridgehead atoms. The lowest BCUT2D eigenvalue weighted by Gasteiger charge is -2.04. The van der Waals surface area contributed by atoms with E-state index in [-0.39, 0.29) is 17.5 Å². The number of furan rings is 1. The molecule has 0 fully saturated rings. The van der Waals surface area contributed by atoms with Crippen LogP contribution in [0, 0.1) is 5.82 Å². The van der Waals surface area contributed by atoms with Crippen LogP contribution in [0.4, 0.5) is 4.39 Å². The summed E-state index contributed by atoms with van der Waals surface area (Å²) in [7, 11) is 0. The quantitative estimate of drug-likeness (QED) is 0.428. The lowest BCUT2D eigenvalue weighted by Crippen LogP contribution is -2.24. The van der Waals surface area contributed by atoms with Gasteiger partial charge in [0.05, 0.1) is 24.3 Å². The highest BCUT2D eigenvalue weighted by Gasteiger charge is 2.16. The fourth-order valence-corrected chi connectivity index (χ4v) is 3.66. The number of aromatic amines is 1. The summed E-state index contributed by atoms with van der Waals surface area (Å²) in [6, 6.07) is 19.6. The fraction of sp³-hybridized carbons (Fsp3) is 0.0909. The summed E-state index contributed by atoms with van der Waals surface area (Å²) in [6.45, 7) is 0.340. The number of hydrogen-bond donors (Lipinski definition) is 2. The number of carbonyl (C=O) groups excluding carboxylic acids is 1. The molecule has 7 heteroatoms. The lowest BCUT2D eigenvalue weighted by atomic mass is 10.2. The molecule has 0 radical (unpaired) electrons. The maximum absolute atomic E-state index is 13.6. The molecule has 29 heavy (non-hydrogen) atoms. The third kappa shape index (κ3) is 4.75. The Labute approximate surface area is 171 Å². The second kappa shape index (κ2) is 8.79. The van der Waals surface area contributed by atoms with Crippen LogP contribution < -0.4 is 5.32 Å². The maximum Gasteiger partial charge on any atom is 0.230 e. The number of benzene rings is 2. The van der Waals surface area contributed by atoms with Crippen molar-refractivity contribution in [3.63, 3.8) is 0 Å². The smallest absolute Gasteiger partial charge is 0.230 e. The Morgan fingerprint density at radius 2 is 1.90 bits per heavy atom. The zero-order valence-electron chi connectivity index (χ0n) is 15.4. The minimum absolute atomic E-state index is 0.124. The van der Waals surface area contributed by atoms with E-state index in [1.165, 1.54) is 23.9 Å². The van der Waals surface area contributed by atoms with Gasteiger partial charge in [-0.15, -0.1) is 0 Å². The van der Waals surface area contributed by atoms with Gasteiger partial charge in [0.25, 0.3) is 0 Å². The average Bonchev–Trinajstić information content (AvgIpc) is 3.41. The van der Waals surface area contributed by atoms with Gasteiger partial charge >= 0.3 is 0 Å². The first-order valence-corrected chi connectivity index (χ1v) is 10.0. The van der Waals surface area contributed by atoms with Crippen molar-refractivity contribution >= 4 is 17.7 Å². The fourth-order valence-electron chi connectivity index (χ4n) is 2.82. The standard InChI is InChI=1S/C22H18FN3O2S/c23-17-9-4-8-16(12-17)21-25-20(15-6-2-1-3-7-15)22(26-21)29-14-19(27)24-13-18-10-5-11-28-18/h1-12H,13-14H2,(H,24,27)(H,25,26). The molecule has 4 rings (SSSR count). The molecule has 4 aromatic rings. The van der Waals surface area contributed by atoms with Crippen molar-refractivity contribution < 1.29 is 13.6 Å². The molecule has 146 valence electrons. The normalized spacial score (nSPS) is 10.8. The van der Waals surface area contributed by atoms with Gasteiger partial charge in [-0.3, -0.25) is 4.79 Å². The van der Waals surface area contributed by atoms with E-state index in [2.05, 4.69) is 15.3 Å². The molecule has 0 unspecified atom stereocenters. The van der Waals surface area contributed by atoms with Gasteiger partial charge in [0.2, 0.25) is 5.91 Å². The van der Waals surface area contributed by atoms with Gasteiger partial charge in [0.15, 0.2) is 0 Å². The van der Waals surface area contributed by atoms with Crippen molar-refractivity contribution in [2.24, 2.45) is 0 Å². The number of halogens is 1. The van der Waals surface area contributed by atoms with Crippen LogP contribution in [0.25, 0.3) is 22.6 Å². The molecule has 1 amide bonds. The maximum atomic E-state index is 13.6. The van der Waals surface area contributed by atoms with Crippen LogP contribution in [-0.4, -0.2) is 21.6 Å². The first-order chi connectivity index (χ1) is 14.2. The van der Waals surface area contributed by atoms with Gasteiger partial charge in [0.1, 0.15) is 22.4 Å². The predicted octanol–water partition coefficient (Wildman–Crippen LogP) is 4.88. The van der Waals surface area contributed by atoms with Gasteiger partial charge in [0, 0.05) is 11.1 Å². The SMILES string of the molecule is O=C(CSc1nc(-c2cccc(F)c2)[nH]c1-c1ccccc1)NCc1ccco1. The van der Waals surface area contributed by atoms with Gasteiger partial charge in [-0.25, -0.2) is 9.37 Å². The Bertz CT molecular complexity index is 1090. The van der Waals surface area contributed by atoms with Crippen molar-refractivity contribution in [2.45, 2.75) is 11.6 Å². The minimum Gasteiger partial charge on any atom is -0.467 e. The largest absolute Gasteiger partial charge is 0.467 e. The molecule has 2 aromatic heterocycles. The van der Waals surface area contributed by atoms with Gasteiger partial charge < -0.3 is 14.7 Å². The molecule has 0 aliphatic heterocycles. The number of H-pyrrole nitrogens is 1. The Morgan fingerprint density at radius 3 is 2.66 bits per heavy atom. The Morgan fingerprint density at radius 1 is 1.07 bits per heavy atom. The van der Waals surface area contributed by atoms with Crippen LogP contribution in [0.2, 0.25) is 0 Å². The zero-order chi connectivity index (χ0) is 20.1. The van der Waals surface area contributed by atoms with Gasteiger partial charge in [-0.1, -0.05) is 54.2 Å². The van der Waals surface area contributed by atoms with Crippen molar-refractivity contribution in [2.75, 3.05) is 5.75 Å². The van der Waals surface area contributed by atoms with E-state index >= 15 is 0 Å². The Balaban J connectivity index is 1.53. The van der Waals surface area contributed by atoms with Crippen LogP contribution in [0.1, 0.15) is 5.76 Å². The van der Waals surface area contributed by atoms with E-state index in [0.717, 1.165) is 11.3 Å². The Hall–Kier alpha value is -3.32. The molecular formula is C22H18FN3O2S. The first-order valence-electron chi connectivity index (χ1n) is 9.02. The second-order valence-corrected chi connectivity index (χ2v) is 7.25. The molecule has 0 aliphatic rings. The van der Waals surface area contributed by atoms with E-state index in [1.807, 2.05) is 30.3 Å².